The third-order valence-corrected chi connectivity index (χ3v) is 3.46. The lowest BCUT2D eigenvalue weighted by atomic mass is 9.73. The molecule has 0 amide bonds. The van der Waals surface area contributed by atoms with E-state index in [1.54, 1.807) is 7.11 Å². The topological polar surface area (TPSA) is 9.23 Å². The lowest BCUT2D eigenvalue weighted by Gasteiger charge is -2.37. The van der Waals surface area contributed by atoms with Crippen LogP contribution in [0.1, 0.15) is 41.0 Å². The summed E-state index contributed by atoms with van der Waals surface area (Å²) in [6.45, 7) is 10.9. The Balaban J connectivity index is 4.32. The average Bonchev–Trinajstić information content (AvgIpc) is 2.01. The van der Waals surface area contributed by atoms with Gasteiger partial charge in [0.05, 0.1) is 5.60 Å². The van der Waals surface area contributed by atoms with Crippen molar-refractivity contribution in [1.82, 2.24) is 0 Å². The van der Waals surface area contributed by atoms with Crippen LogP contribution in [-0.2, 0) is 4.74 Å². The summed E-state index contributed by atoms with van der Waals surface area (Å²) in [5.74, 6) is 1.23. The molecular formula is C11H23ClO. The first-order valence-electron chi connectivity index (χ1n) is 4.86. The number of ether oxygens (including phenoxy) is 1. The lowest BCUT2D eigenvalue weighted by molar-refractivity contribution is -0.0226. The Hall–Kier alpha value is 0.250. The molecule has 0 rings (SSSR count). The number of rotatable bonds is 5. The highest BCUT2D eigenvalue weighted by molar-refractivity contribution is 6.18. The summed E-state index contributed by atoms with van der Waals surface area (Å²) in [6, 6.07) is 0. The van der Waals surface area contributed by atoms with Crippen molar-refractivity contribution in [3.05, 3.63) is 0 Å². The molecule has 0 radical (unpaired) electrons. The van der Waals surface area contributed by atoms with E-state index in [9.17, 15) is 0 Å². The van der Waals surface area contributed by atoms with Crippen LogP contribution in [-0.4, -0.2) is 18.6 Å². The second-order valence-electron chi connectivity index (χ2n) is 5.18. The Labute approximate surface area is 87.8 Å². The minimum Gasteiger partial charge on any atom is -0.379 e. The van der Waals surface area contributed by atoms with Crippen LogP contribution in [0.2, 0.25) is 0 Å². The van der Waals surface area contributed by atoms with Crippen molar-refractivity contribution in [2.24, 2.45) is 11.3 Å². The average molecular weight is 207 g/mol. The van der Waals surface area contributed by atoms with Gasteiger partial charge in [-0.2, -0.15) is 0 Å². The molecule has 0 saturated heterocycles. The molecule has 0 aliphatic heterocycles. The van der Waals surface area contributed by atoms with E-state index in [0.29, 0.717) is 11.8 Å². The van der Waals surface area contributed by atoms with Crippen molar-refractivity contribution in [2.45, 2.75) is 46.6 Å². The van der Waals surface area contributed by atoms with Gasteiger partial charge in [-0.05, 0) is 31.6 Å². The Morgan fingerprint density at radius 2 is 1.69 bits per heavy atom. The normalized spacial score (nSPS) is 15.9. The van der Waals surface area contributed by atoms with Crippen LogP contribution in [0.3, 0.4) is 0 Å². The summed E-state index contributed by atoms with van der Waals surface area (Å²) >= 11 is 5.87. The number of methoxy groups -OCH3 is 1. The summed E-state index contributed by atoms with van der Waals surface area (Å²) in [5, 5.41) is 0. The molecule has 13 heavy (non-hydrogen) atoms. The molecule has 0 aliphatic rings. The quantitative estimate of drug-likeness (QED) is 0.624. The van der Waals surface area contributed by atoms with Crippen molar-refractivity contribution in [1.29, 1.82) is 0 Å². The van der Waals surface area contributed by atoms with Gasteiger partial charge in [-0.15, -0.1) is 11.6 Å². The molecular weight excluding hydrogens is 184 g/mol. The van der Waals surface area contributed by atoms with Gasteiger partial charge in [-0.1, -0.05) is 20.8 Å². The van der Waals surface area contributed by atoms with Crippen LogP contribution < -0.4 is 0 Å². The van der Waals surface area contributed by atoms with Crippen LogP contribution in [0.25, 0.3) is 0 Å². The Bertz CT molecular complexity index is 152. The molecule has 0 spiro atoms. The second-order valence-corrected chi connectivity index (χ2v) is 5.49. The first-order chi connectivity index (χ1) is 5.75. The molecule has 0 saturated carbocycles. The fourth-order valence-corrected chi connectivity index (χ4v) is 1.97. The number of hydrogen-bond acceptors (Lipinski definition) is 1. The van der Waals surface area contributed by atoms with Gasteiger partial charge in [-0.25, -0.2) is 0 Å². The Morgan fingerprint density at radius 1 is 1.23 bits per heavy atom. The van der Waals surface area contributed by atoms with Gasteiger partial charge in [0.2, 0.25) is 0 Å². The van der Waals surface area contributed by atoms with E-state index in [0.717, 1.165) is 6.42 Å². The summed E-state index contributed by atoms with van der Waals surface area (Å²) < 4.78 is 5.43. The summed E-state index contributed by atoms with van der Waals surface area (Å²) in [4.78, 5) is 0. The summed E-state index contributed by atoms with van der Waals surface area (Å²) in [7, 11) is 1.77. The maximum Gasteiger partial charge on any atom is 0.0627 e. The fraction of sp³-hybridized carbons (Fsp3) is 1.00. The first-order valence-corrected chi connectivity index (χ1v) is 5.40. The smallest absolute Gasteiger partial charge is 0.0627 e. The standard InChI is InChI=1S/C11H23ClO/c1-9(7-12)10(2,3)8-11(4,5)13-6/h9H,7-8H2,1-6H3/t9-/m0/s1. The fourth-order valence-electron chi connectivity index (χ4n) is 1.55. The van der Waals surface area contributed by atoms with E-state index < -0.39 is 0 Å². The molecule has 0 unspecified atom stereocenters. The molecule has 0 aromatic rings. The van der Waals surface area contributed by atoms with Crippen LogP contribution in [0.4, 0.5) is 0 Å². The van der Waals surface area contributed by atoms with E-state index in [2.05, 4.69) is 34.6 Å². The molecule has 2 heteroatoms. The van der Waals surface area contributed by atoms with E-state index in [-0.39, 0.29) is 11.0 Å². The van der Waals surface area contributed by atoms with Gasteiger partial charge in [0.15, 0.2) is 0 Å². The van der Waals surface area contributed by atoms with E-state index >= 15 is 0 Å². The van der Waals surface area contributed by atoms with Crippen LogP contribution in [0, 0.1) is 11.3 Å². The maximum atomic E-state index is 5.87. The van der Waals surface area contributed by atoms with Crippen molar-refractivity contribution >= 4 is 11.6 Å². The van der Waals surface area contributed by atoms with Crippen LogP contribution in [0.15, 0.2) is 0 Å². The molecule has 80 valence electrons. The first kappa shape index (κ1) is 13.2. The van der Waals surface area contributed by atoms with Crippen molar-refractivity contribution < 1.29 is 4.74 Å². The van der Waals surface area contributed by atoms with Crippen molar-refractivity contribution in [3.8, 4) is 0 Å². The lowest BCUT2D eigenvalue weighted by Crippen LogP contribution is -2.34. The summed E-state index contributed by atoms with van der Waals surface area (Å²) in [6.07, 6.45) is 1.03. The zero-order valence-corrected chi connectivity index (χ0v) is 10.5. The van der Waals surface area contributed by atoms with Gasteiger partial charge in [0, 0.05) is 13.0 Å². The Morgan fingerprint density at radius 3 is 2.00 bits per heavy atom. The molecule has 0 aromatic heterocycles. The minimum atomic E-state index is -0.0518. The second kappa shape index (κ2) is 4.65. The SMILES string of the molecule is COC(C)(C)CC(C)(C)[C@@H](C)CCl. The monoisotopic (exact) mass is 206 g/mol. The molecule has 0 bridgehead atoms. The van der Waals surface area contributed by atoms with E-state index in [4.69, 9.17) is 16.3 Å². The number of alkyl halides is 1. The van der Waals surface area contributed by atoms with Crippen LogP contribution >= 0.6 is 11.6 Å². The largest absolute Gasteiger partial charge is 0.379 e. The third-order valence-electron chi connectivity index (χ3n) is 3.00. The highest BCUT2D eigenvalue weighted by Gasteiger charge is 2.32. The highest BCUT2D eigenvalue weighted by atomic mass is 35.5. The zero-order chi connectivity index (χ0) is 10.7. The van der Waals surface area contributed by atoms with Crippen molar-refractivity contribution in [3.63, 3.8) is 0 Å². The Kier molecular flexibility index (Phi) is 4.74. The predicted octanol–water partition coefficient (Wildman–Crippen LogP) is 3.70. The molecule has 1 nitrogen and oxygen atoms in total. The minimum absolute atomic E-state index is 0.0518. The number of halogens is 1. The highest BCUT2D eigenvalue weighted by Crippen LogP contribution is 2.36. The maximum absolute atomic E-state index is 5.87. The van der Waals surface area contributed by atoms with Crippen LogP contribution in [0.5, 0.6) is 0 Å². The van der Waals surface area contributed by atoms with Gasteiger partial charge < -0.3 is 4.74 Å². The van der Waals surface area contributed by atoms with E-state index in [1.807, 2.05) is 0 Å². The van der Waals surface area contributed by atoms with E-state index in [1.165, 1.54) is 0 Å². The number of hydrogen-bond donors (Lipinski definition) is 0. The molecule has 0 N–H and O–H groups in total. The molecule has 0 fully saturated rings. The molecule has 0 aromatic carbocycles. The molecule has 1 atom stereocenters. The van der Waals surface area contributed by atoms with Gasteiger partial charge in [0.1, 0.15) is 0 Å². The van der Waals surface area contributed by atoms with Gasteiger partial charge in [-0.3, -0.25) is 0 Å². The zero-order valence-electron chi connectivity index (χ0n) is 9.78. The summed E-state index contributed by atoms with van der Waals surface area (Å²) in [5.41, 5.74) is 0.186. The van der Waals surface area contributed by atoms with Gasteiger partial charge in [0.25, 0.3) is 0 Å². The van der Waals surface area contributed by atoms with Gasteiger partial charge >= 0.3 is 0 Å². The third kappa shape index (κ3) is 4.33. The predicted molar refractivity (Wildman–Crippen MR) is 59.4 cm³/mol. The molecule has 0 aliphatic carbocycles. The van der Waals surface area contributed by atoms with Crippen molar-refractivity contribution in [2.75, 3.05) is 13.0 Å². The molecule has 0 heterocycles.